The van der Waals surface area contributed by atoms with E-state index in [1.165, 1.54) is 5.69 Å². The number of aryl methyl sites for hydroxylation is 1. The zero-order chi connectivity index (χ0) is 20.1. The maximum absolute atomic E-state index is 12.6. The molecule has 2 amide bonds. The average molecular weight is 383 g/mol. The van der Waals surface area contributed by atoms with E-state index >= 15 is 0 Å². The van der Waals surface area contributed by atoms with Crippen LogP contribution in [0.3, 0.4) is 0 Å². The van der Waals surface area contributed by atoms with Gasteiger partial charge in [0.05, 0.1) is 12.6 Å². The zero-order valence-corrected chi connectivity index (χ0v) is 17.0. The minimum atomic E-state index is -0.0476. The summed E-state index contributed by atoms with van der Waals surface area (Å²) in [6.45, 7) is 6.54. The SMILES string of the molecule is CCN(CC)C(=O)c1cccc(NC(=O)CN2CCC[C@H]2c2cccn2C)c1. The Morgan fingerprint density at radius 3 is 2.64 bits per heavy atom. The van der Waals surface area contributed by atoms with E-state index in [4.69, 9.17) is 0 Å². The first kappa shape index (κ1) is 20.1. The van der Waals surface area contributed by atoms with Gasteiger partial charge in [-0.3, -0.25) is 14.5 Å². The number of anilines is 1. The highest BCUT2D eigenvalue weighted by Gasteiger charge is 2.29. The molecule has 2 heterocycles. The summed E-state index contributed by atoms with van der Waals surface area (Å²) in [5.74, 6) is -0.0574. The monoisotopic (exact) mass is 382 g/mol. The van der Waals surface area contributed by atoms with Crippen molar-refractivity contribution >= 4 is 17.5 Å². The minimum Gasteiger partial charge on any atom is -0.353 e. The van der Waals surface area contributed by atoms with Crippen LogP contribution in [-0.2, 0) is 11.8 Å². The van der Waals surface area contributed by atoms with Crippen molar-refractivity contribution in [1.82, 2.24) is 14.4 Å². The van der Waals surface area contributed by atoms with Gasteiger partial charge in [0, 0.05) is 43.3 Å². The maximum Gasteiger partial charge on any atom is 0.253 e. The number of carbonyl (C=O) groups excluding carboxylic acids is 2. The molecule has 0 radical (unpaired) electrons. The molecular weight excluding hydrogens is 352 g/mol. The van der Waals surface area contributed by atoms with Gasteiger partial charge < -0.3 is 14.8 Å². The third-order valence-electron chi connectivity index (χ3n) is 5.48. The highest BCUT2D eigenvalue weighted by Crippen LogP contribution is 2.31. The Balaban J connectivity index is 1.64. The molecule has 1 aliphatic rings. The quantitative estimate of drug-likeness (QED) is 0.799. The highest BCUT2D eigenvalue weighted by atomic mass is 16.2. The summed E-state index contributed by atoms with van der Waals surface area (Å²) in [5, 5.41) is 2.96. The van der Waals surface area contributed by atoms with Gasteiger partial charge in [0.1, 0.15) is 0 Å². The van der Waals surface area contributed by atoms with E-state index in [0.29, 0.717) is 30.9 Å². The molecule has 0 saturated carbocycles. The molecule has 3 rings (SSSR count). The first-order valence-corrected chi connectivity index (χ1v) is 10.1. The number of hydrogen-bond acceptors (Lipinski definition) is 3. The van der Waals surface area contributed by atoms with E-state index in [0.717, 1.165) is 19.4 Å². The van der Waals surface area contributed by atoms with E-state index in [1.54, 1.807) is 17.0 Å². The number of aromatic nitrogens is 1. The molecule has 1 atom stereocenters. The van der Waals surface area contributed by atoms with Gasteiger partial charge in [0.2, 0.25) is 5.91 Å². The molecule has 1 saturated heterocycles. The molecule has 1 N–H and O–H groups in total. The molecule has 0 aliphatic carbocycles. The smallest absolute Gasteiger partial charge is 0.253 e. The lowest BCUT2D eigenvalue weighted by molar-refractivity contribution is -0.117. The molecule has 1 aliphatic heterocycles. The number of likely N-dealkylation sites (tertiary alicyclic amines) is 1. The van der Waals surface area contributed by atoms with E-state index in [2.05, 4.69) is 20.9 Å². The van der Waals surface area contributed by atoms with Gasteiger partial charge in [-0.25, -0.2) is 0 Å². The number of carbonyl (C=O) groups is 2. The highest BCUT2D eigenvalue weighted by molar-refractivity contribution is 5.97. The van der Waals surface area contributed by atoms with Crippen LogP contribution in [0.25, 0.3) is 0 Å². The van der Waals surface area contributed by atoms with Crippen LogP contribution in [0, 0.1) is 0 Å². The Labute approximate surface area is 167 Å². The molecule has 150 valence electrons. The fraction of sp³-hybridized carbons (Fsp3) is 0.455. The van der Waals surface area contributed by atoms with Gasteiger partial charge >= 0.3 is 0 Å². The maximum atomic E-state index is 12.6. The van der Waals surface area contributed by atoms with E-state index in [1.807, 2.05) is 45.3 Å². The lowest BCUT2D eigenvalue weighted by Gasteiger charge is -2.24. The van der Waals surface area contributed by atoms with Crippen LogP contribution in [0.15, 0.2) is 42.6 Å². The summed E-state index contributed by atoms with van der Waals surface area (Å²) in [6.07, 6.45) is 4.21. The Bertz CT molecular complexity index is 825. The van der Waals surface area contributed by atoms with Crippen molar-refractivity contribution in [2.75, 3.05) is 31.5 Å². The van der Waals surface area contributed by atoms with Gasteiger partial charge in [-0.1, -0.05) is 6.07 Å². The number of amides is 2. The summed E-state index contributed by atoms with van der Waals surface area (Å²) in [7, 11) is 2.05. The molecule has 0 bridgehead atoms. The fourth-order valence-corrected chi connectivity index (χ4v) is 3.98. The lowest BCUT2D eigenvalue weighted by atomic mass is 10.1. The fourth-order valence-electron chi connectivity index (χ4n) is 3.98. The second kappa shape index (κ2) is 9.06. The van der Waals surface area contributed by atoms with Crippen molar-refractivity contribution in [1.29, 1.82) is 0 Å². The van der Waals surface area contributed by atoms with Crippen LogP contribution in [-0.4, -0.2) is 52.4 Å². The van der Waals surface area contributed by atoms with Crippen LogP contribution in [0.5, 0.6) is 0 Å². The molecule has 0 spiro atoms. The Morgan fingerprint density at radius 1 is 1.18 bits per heavy atom. The van der Waals surface area contributed by atoms with Gasteiger partial charge in [-0.2, -0.15) is 0 Å². The number of nitrogens with one attached hydrogen (secondary N) is 1. The topological polar surface area (TPSA) is 57.6 Å². The van der Waals surface area contributed by atoms with Gasteiger partial charge in [-0.15, -0.1) is 0 Å². The third-order valence-corrected chi connectivity index (χ3v) is 5.48. The van der Waals surface area contributed by atoms with Crippen LogP contribution in [0.1, 0.15) is 48.8 Å². The van der Waals surface area contributed by atoms with Gasteiger partial charge in [0.25, 0.3) is 5.91 Å². The van der Waals surface area contributed by atoms with Crippen molar-refractivity contribution < 1.29 is 9.59 Å². The molecule has 6 nitrogen and oxygen atoms in total. The molecule has 28 heavy (non-hydrogen) atoms. The summed E-state index contributed by atoms with van der Waals surface area (Å²) >= 11 is 0. The van der Waals surface area contributed by atoms with Crippen molar-refractivity contribution in [2.24, 2.45) is 7.05 Å². The van der Waals surface area contributed by atoms with Crippen molar-refractivity contribution in [3.8, 4) is 0 Å². The number of rotatable bonds is 7. The zero-order valence-electron chi connectivity index (χ0n) is 17.0. The summed E-state index contributed by atoms with van der Waals surface area (Å²) in [4.78, 5) is 29.2. The molecule has 1 fully saturated rings. The van der Waals surface area contributed by atoms with E-state index in [-0.39, 0.29) is 17.9 Å². The Kier molecular flexibility index (Phi) is 6.52. The van der Waals surface area contributed by atoms with Gasteiger partial charge in [-0.05, 0) is 63.6 Å². The second-order valence-electron chi connectivity index (χ2n) is 7.28. The first-order chi connectivity index (χ1) is 13.5. The first-order valence-electron chi connectivity index (χ1n) is 10.1. The molecular formula is C22H30N4O2. The van der Waals surface area contributed by atoms with E-state index in [9.17, 15) is 9.59 Å². The Morgan fingerprint density at radius 2 is 1.96 bits per heavy atom. The van der Waals surface area contributed by atoms with E-state index < -0.39 is 0 Å². The normalized spacial score (nSPS) is 16.9. The van der Waals surface area contributed by atoms with Crippen LogP contribution < -0.4 is 5.32 Å². The second-order valence-corrected chi connectivity index (χ2v) is 7.28. The van der Waals surface area contributed by atoms with Crippen LogP contribution in [0.4, 0.5) is 5.69 Å². The van der Waals surface area contributed by atoms with Crippen molar-refractivity contribution in [3.05, 3.63) is 53.9 Å². The molecule has 0 unspecified atom stereocenters. The van der Waals surface area contributed by atoms with Gasteiger partial charge in [0.15, 0.2) is 0 Å². The Hall–Kier alpha value is -2.60. The minimum absolute atomic E-state index is 0.00980. The summed E-state index contributed by atoms with van der Waals surface area (Å²) < 4.78 is 2.13. The number of hydrogen-bond donors (Lipinski definition) is 1. The summed E-state index contributed by atoms with van der Waals surface area (Å²) in [6, 6.07) is 11.7. The lowest BCUT2D eigenvalue weighted by Crippen LogP contribution is -2.33. The standard InChI is InChI=1S/C22H30N4O2/c1-4-25(5-2)22(28)17-9-6-10-18(15-17)23-21(27)16-26-14-8-12-20(26)19-11-7-13-24(19)3/h6-7,9-11,13,15,20H,4-5,8,12,14,16H2,1-3H3,(H,23,27)/t20-/m0/s1. The average Bonchev–Trinajstić information content (AvgIpc) is 3.31. The van der Waals surface area contributed by atoms with Crippen LogP contribution in [0.2, 0.25) is 0 Å². The number of nitrogens with zero attached hydrogens (tertiary/aromatic N) is 3. The van der Waals surface area contributed by atoms with Crippen molar-refractivity contribution in [3.63, 3.8) is 0 Å². The molecule has 2 aromatic rings. The number of benzene rings is 1. The molecule has 1 aromatic carbocycles. The molecule has 6 heteroatoms. The largest absolute Gasteiger partial charge is 0.353 e. The third kappa shape index (κ3) is 4.44. The molecule has 1 aromatic heterocycles. The van der Waals surface area contributed by atoms with Crippen LogP contribution >= 0.6 is 0 Å². The predicted molar refractivity (Wildman–Crippen MR) is 111 cm³/mol. The van der Waals surface area contributed by atoms with Crippen molar-refractivity contribution in [2.45, 2.75) is 32.7 Å². The summed E-state index contributed by atoms with van der Waals surface area (Å²) in [5.41, 5.74) is 2.51. The predicted octanol–water partition coefficient (Wildman–Crippen LogP) is 3.28.